The summed E-state index contributed by atoms with van der Waals surface area (Å²) >= 11 is 1.62. The third-order valence-electron chi connectivity index (χ3n) is 5.50. The van der Waals surface area contributed by atoms with E-state index in [1.54, 1.807) is 11.3 Å². The molecule has 3 heterocycles. The molecule has 0 aliphatic carbocycles. The van der Waals surface area contributed by atoms with Crippen LogP contribution in [-0.2, 0) is 11.2 Å². The number of nitrogens with zero attached hydrogens (tertiary/aromatic N) is 2. The zero-order valence-corrected chi connectivity index (χ0v) is 17.1. The highest BCUT2D eigenvalue weighted by molar-refractivity contribution is 7.17. The Morgan fingerprint density at radius 3 is 2.90 bits per heavy atom. The molecule has 0 saturated carbocycles. The number of nitrogens with one attached hydrogen (secondary N) is 2. The van der Waals surface area contributed by atoms with Crippen LogP contribution in [0.5, 0.6) is 0 Å². The summed E-state index contributed by atoms with van der Waals surface area (Å²) in [5.74, 6) is -0.0249. The van der Waals surface area contributed by atoms with Crippen LogP contribution >= 0.6 is 11.3 Å². The fourth-order valence-electron chi connectivity index (χ4n) is 3.92. The number of amides is 1. The number of aromatic nitrogens is 2. The molecule has 4 aromatic rings. The van der Waals surface area contributed by atoms with Gasteiger partial charge in [0.15, 0.2) is 0 Å². The maximum Gasteiger partial charge on any atom is 0.246 e. The van der Waals surface area contributed by atoms with Crippen molar-refractivity contribution < 1.29 is 4.79 Å². The van der Waals surface area contributed by atoms with Gasteiger partial charge >= 0.3 is 0 Å². The normalized spacial score (nSPS) is 12.7. The number of carbonyl (C=O) groups is 1. The summed E-state index contributed by atoms with van der Waals surface area (Å²) in [6.45, 7) is 4.26. The Hall–Kier alpha value is -3.25. The molecule has 0 spiro atoms. The molecule has 0 radical (unpaired) electrons. The zero-order valence-electron chi connectivity index (χ0n) is 16.2. The fourth-order valence-corrected chi connectivity index (χ4v) is 4.79. The van der Waals surface area contributed by atoms with E-state index in [0.29, 0.717) is 6.54 Å². The van der Waals surface area contributed by atoms with Crippen LogP contribution in [-0.4, -0.2) is 22.4 Å². The van der Waals surface area contributed by atoms with Crippen molar-refractivity contribution in [1.29, 1.82) is 0 Å². The standard InChI is InChI=1S/C23H20N4OS/c1-3-13(2)23(28)25-11-9-16-19-18-15(14-6-4-5-7-17(14)27-19)8-10-24-20(18)21-22(16)29-12-26-21/h3-8,10,12,27H,9,11H2,1-2H3,(H,25,28)/b13-3+. The van der Waals surface area contributed by atoms with Crippen molar-refractivity contribution in [3.8, 4) is 11.1 Å². The van der Waals surface area contributed by atoms with E-state index in [0.717, 1.165) is 44.5 Å². The molecule has 5 nitrogen and oxygen atoms in total. The number of allylic oxidation sites excluding steroid dienone is 1. The average molecular weight is 401 g/mol. The van der Waals surface area contributed by atoms with E-state index in [1.807, 2.05) is 37.7 Å². The van der Waals surface area contributed by atoms with Crippen molar-refractivity contribution in [3.63, 3.8) is 0 Å². The molecule has 144 valence electrons. The Morgan fingerprint density at radius 1 is 1.17 bits per heavy atom. The number of anilines is 2. The van der Waals surface area contributed by atoms with Crippen LogP contribution in [0.3, 0.4) is 0 Å². The second-order valence-corrected chi connectivity index (χ2v) is 7.97. The lowest BCUT2D eigenvalue weighted by atomic mass is 9.91. The molecule has 5 rings (SSSR count). The van der Waals surface area contributed by atoms with Gasteiger partial charge in [-0.15, -0.1) is 11.3 Å². The van der Waals surface area contributed by atoms with Crippen molar-refractivity contribution in [2.45, 2.75) is 20.3 Å². The summed E-state index contributed by atoms with van der Waals surface area (Å²) in [5.41, 5.74) is 10.1. The predicted molar refractivity (Wildman–Crippen MR) is 120 cm³/mol. The van der Waals surface area contributed by atoms with Crippen molar-refractivity contribution in [2.24, 2.45) is 0 Å². The summed E-state index contributed by atoms with van der Waals surface area (Å²) in [6.07, 6.45) is 4.41. The van der Waals surface area contributed by atoms with Gasteiger partial charge in [0, 0.05) is 35.0 Å². The third-order valence-corrected chi connectivity index (χ3v) is 6.38. The summed E-state index contributed by atoms with van der Waals surface area (Å²) < 4.78 is 1.13. The highest BCUT2D eigenvalue weighted by Crippen LogP contribution is 2.47. The average Bonchev–Trinajstić information content (AvgIpc) is 3.25. The molecule has 1 amide bonds. The molecule has 2 aromatic carbocycles. The van der Waals surface area contributed by atoms with Gasteiger partial charge in [-0.3, -0.25) is 9.78 Å². The van der Waals surface area contributed by atoms with Gasteiger partial charge in [-0.05, 0) is 43.5 Å². The predicted octanol–water partition coefficient (Wildman–Crippen LogP) is 5.19. The Bertz CT molecular complexity index is 1310. The molecule has 0 fully saturated rings. The Morgan fingerprint density at radius 2 is 2.03 bits per heavy atom. The first-order valence-corrected chi connectivity index (χ1v) is 10.5. The number of pyridine rings is 1. The van der Waals surface area contributed by atoms with Crippen LogP contribution in [0, 0.1) is 0 Å². The third kappa shape index (κ3) is 2.79. The Balaban J connectivity index is 1.67. The highest BCUT2D eigenvalue weighted by Gasteiger charge is 2.24. The highest BCUT2D eigenvalue weighted by atomic mass is 32.1. The minimum absolute atomic E-state index is 0.0249. The molecule has 0 saturated heterocycles. The first-order chi connectivity index (χ1) is 14.2. The minimum Gasteiger partial charge on any atom is -0.354 e. The lowest BCUT2D eigenvalue weighted by molar-refractivity contribution is -0.117. The molecule has 0 bridgehead atoms. The molecular weight excluding hydrogens is 380 g/mol. The first kappa shape index (κ1) is 17.8. The van der Waals surface area contributed by atoms with E-state index < -0.39 is 0 Å². The smallest absolute Gasteiger partial charge is 0.246 e. The van der Waals surface area contributed by atoms with Crippen molar-refractivity contribution >= 4 is 49.7 Å². The number of hydrogen-bond donors (Lipinski definition) is 2. The molecule has 0 atom stereocenters. The number of benzene rings is 2. The first-order valence-electron chi connectivity index (χ1n) is 9.63. The molecule has 29 heavy (non-hydrogen) atoms. The van der Waals surface area contributed by atoms with Gasteiger partial charge in [0.25, 0.3) is 0 Å². The van der Waals surface area contributed by atoms with Crippen LogP contribution in [0.25, 0.3) is 32.2 Å². The summed E-state index contributed by atoms with van der Waals surface area (Å²) in [6, 6.07) is 10.4. The second-order valence-electron chi connectivity index (χ2n) is 7.11. The van der Waals surface area contributed by atoms with Crippen LogP contribution in [0.4, 0.5) is 11.4 Å². The Labute approximate surface area is 172 Å². The van der Waals surface area contributed by atoms with Crippen LogP contribution in [0.2, 0.25) is 0 Å². The SMILES string of the molecule is C/C=C(\C)C(=O)NCCc1c2c3c(ccnc3c3ncsc13)-c1ccccc1N2. The number of carbonyl (C=O) groups excluding carboxylic acids is 1. The molecular formula is C23H20N4OS. The number of fused-ring (bicyclic) bond motifs is 4. The van der Waals surface area contributed by atoms with Crippen LogP contribution in [0.15, 0.2) is 53.7 Å². The molecule has 0 unspecified atom stereocenters. The van der Waals surface area contributed by atoms with Crippen molar-refractivity contribution in [1.82, 2.24) is 15.3 Å². The Kier molecular flexibility index (Phi) is 4.28. The number of rotatable bonds is 4. The van der Waals surface area contributed by atoms with Gasteiger partial charge in [0.05, 0.1) is 15.9 Å². The summed E-state index contributed by atoms with van der Waals surface area (Å²) in [4.78, 5) is 21.4. The lowest BCUT2D eigenvalue weighted by Crippen LogP contribution is -2.26. The summed E-state index contributed by atoms with van der Waals surface area (Å²) in [7, 11) is 0. The van der Waals surface area contributed by atoms with Crippen molar-refractivity contribution in [2.75, 3.05) is 11.9 Å². The van der Waals surface area contributed by atoms with Gasteiger partial charge in [-0.25, -0.2) is 4.98 Å². The van der Waals surface area contributed by atoms with E-state index in [4.69, 9.17) is 0 Å². The fraction of sp³-hybridized carbons (Fsp3) is 0.174. The van der Waals surface area contributed by atoms with Gasteiger partial charge in [0.2, 0.25) is 5.91 Å². The monoisotopic (exact) mass is 400 g/mol. The van der Waals surface area contributed by atoms with Gasteiger partial charge < -0.3 is 10.6 Å². The topological polar surface area (TPSA) is 66.9 Å². The van der Waals surface area contributed by atoms with Crippen LogP contribution < -0.4 is 10.6 Å². The molecule has 2 aromatic heterocycles. The number of para-hydroxylation sites is 1. The van der Waals surface area contributed by atoms with E-state index >= 15 is 0 Å². The zero-order chi connectivity index (χ0) is 20.0. The van der Waals surface area contributed by atoms with E-state index in [1.165, 1.54) is 16.7 Å². The number of hydrogen-bond acceptors (Lipinski definition) is 5. The van der Waals surface area contributed by atoms with E-state index in [9.17, 15) is 4.79 Å². The maximum atomic E-state index is 12.2. The molecule has 1 aliphatic rings. The van der Waals surface area contributed by atoms with Gasteiger partial charge in [-0.1, -0.05) is 24.3 Å². The summed E-state index contributed by atoms with van der Waals surface area (Å²) in [5, 5.41) is 7.77. The van der Waals surface area contributed by atoms with E-state index in [2.05, 4.69) is 44.9 Å². The molecule has 6 heteroatoms. The van der Waals surface area contributed by atoms with Crippen molar-refractivity contribution in [3.05, 3.63) is 59.3 Å². The van der Waals surface area contributed by atoms with Gasteiger partial charge in [0.1, 0.15) is 11.0 Å². The van der Waals surface area contributed by atoms with Crippen LogP contribution in [0.1, 0.15) is 19.4 Å². The van der Waals surface area contributed by atoms with Gasteiger partial charge in [-0.2, -0.15) is 0 Å². The van der Waals surface area contributed by atoms with E-state index in [-0.39, 0.29) is 5.91 Å². The quantitative estimate of drug-likeness (QED) is 0.407. The molecule has 1 aliphatic heterocycles. The largest absolute Gasteiger partial charge is 0.354 e. The minimum atomic E-state index is -0.0249. The molecule has 2 N–H and O–H groups in total. The number of thiazole rings is 1. The lowest BCUT2D eigenvalue weighted by Gasteiger charge is -2.25. The maximum absolute atomic E-state index is 12.2. The second kappa shape index (κ2) is 6.97.